The van der Waals surface area contributed by atoms with E-state index in [4.69, 9.17) is 0 Å². The number of nitrogens with zero attached hydrogens (tertiary/aromatic N) is 2. The Bertz CT molecular complexity index is 829. The second-order valence-corrected chi connectivity index (χ2v) is 6.49. The molecule has 24 heavy (non-hydrogen) atoms. The van der Waals surface area contributed by atoms with Crippen molar-refractivity contribution >= 4 is 10.9 Å². The van der Waals surface area contributed by atoms with E-state index in [9.17, 15) is 5.11 Å². The van der Waals surface area contributed by atoms with Crippen molar-refractivity contribution in [2.24, 2.45) is 0 Å². The molecule has 1 aliphatic rings. The van der Waals surface area contributed by atoms with Crippen LogP contribution in [0.15, 0.2) is 54.9 Å². The molecule has 0 aliphatic carbocycles. The standard InChI is InChI=1S/C20H21N3O/c24-20-16(10-9-15-7-6-12-22-18(15)20)19(17-8-2-3-11-21-17)23-13-4-1-5-14-23/h2-3,6-12,19,24H,1,4-5,13-14H2/p+1. The topological polar surface area (TPSA) is 50.5 Å². The number of rotatable bonds is 3. The normalized spacial score (nSPS) is 17.0. The average molecular weight is 320 g/mol. The summed E-state index contributed by atoms with van der Waals surface area (Å²) in [6.07, 6.45) is 7.32. The van der Waals surface area contributed by atoms with Gasteiger partial charge in [-0.15, -0.1) is 0 Å². The Morgan fingerprint density at radius 3 is 2.50 bits per heavy atom. The molecule has 4 heteroatoms. The van der Waals surface area contributed by atoms with E-state index in [1.807, 2.05) is 36.5 Å². The predicted molar refractivity (Wildman–Crippen MR) is 94.0 cm³/mol. The van der Waals surface area contributed by atoms with E-state index < -0.39 is 0 Å². The van der Waals surface area contributed by atoms with Crippen molar-refractivity contribution in [3.05, 3.63) is 66.1 Å². The molecule has 3 heterocycles. The number of fused-ring (bicyclic) bond motifs is 1. The van der Waals surface area contributed by atoms with Gasteiger partial charge in [0.25, 0.3) is 0 Å². The quantitative estimate of drug-likeness (QED) is 0.779. The van der Waals surface area contributed by atoms with Crippen LogP contribution in [0.1, 0.15) is 36.6 Å². The third kappa shape index (κ3) is 2.74. The molecule has 2 N–H and O–H groups in total. The summed E-state index contributed by atoms with van der Waals surface area (Å²) in [5.41, 5.74) is 2.61. The molecule has 1 saturated heterocycles. The van der Waals surface area contributed by atoms with Crippen molar-refractivity contribution < 1.29 is 10.0 Å². The Labute approximate surface area is 141 Å². The van der Waals surface area contributed by atoms with Crippen molar-refractivity contribution in [1.29, 1.82) is 0 Å². The minimum atomic E-state index is 0.0536. The number of piperidine rings is 1. The minimum absolute atomic E-state index is 0.0536. The van der Waals surface area contributed by atoms with Crippen LogP contribution in [-0.4, -0.2) is 28.2 Å². The van der Waals surface area contributed by atoms with Crippen LogP contribution in [0, 0.1) is 0 Å². The van der Waals surface area contributed by atoms with E-state index in [-0.39, 0.29) is 6.04 Å². The number of nitrogens with one attached hydrogen (secondary N) is 1. The van der Waals surface area contributed by atoms with Crippen LogP contribution in [0.2, 0.25) is 0 Å². The Morgan fingerprint density at radius 2 is 1.71 bits per heavy atom. The molecule has 122 valence electrons. The zero-order chi connectivity index (χ0) is 16.4. The van der Waals surface area contributed by atoms with Gasteiger partial charge in [0, 0.05) is 17.8 Å². The molecule has 3 aromatic rings. The molecule has 1 atom stereocenters. The smallest absolute Gasteiger partial charge is 0.160 e. The molecule has 1 aromatic carbocycles. The fraction of sp³-hybridized carbons (Fsp3) is 0.300. The lowest BCUT2D eigenvalue weighted by molar-refractivity contribution is -0.930. The van der Waals surface area contributed by atoms with Crippen molar-refractivity contribution in [2.75, 3.05) is 13.1 Å². The largest absolute Gasteiger partial charge is 0.505 e. The van der Waals surface area contributed by atoms with Crippen molar-refractivity contribution in [3.63, 3.8) is 0 Å². The molecule has 1 unspecified atom stereocenters. The van der Waals surface area contributed by atoms with E-state index in [0.717, 1.165) is 29.7 Å². The first-order valence-corrected chi connectivity index (χ1v) is 8.67. The highest BCUT2D eigenvalue weighted by Gasteiger charge is 2.31. The van der Waals surface area contributed by atoms with Crippen LogP contribution >= 0.6 is 0 Å². The molecule has 0 spiro atoms. The number of hydrogen-bond acceptors (Lipinski definition) is 3. The van der Waals surface area contributed by atoms with Crippen LogP contribution in [0.5, 0.6) is 5.75 Å². The number of phenolic OH excluding ortho intramolecular Hbond substituents is 1. The number of benzene rings is 1. The first-order chi connectivity index (χ1) is 11.8. The Kier molecular flexibility index (Phi) is 4.13. The zero-order valence-corrected chi connectivity index (χ0v) is 13.7. The maximum Gasteiger partial charge on any atom is 0.160 e. The van der Waals surface area contributed by atoms with E-state index >= 15 is 0 Å². The predicted octanol–water partition coefficient (Wildman–Crippen LogP) is 2.49. The lowest BCUT2D eigenvalue weighted by Gasteiger charge is -2.31. The van der Waals surface area contributed by atoms with E-state index in [2.05, 4.69) is 22.1 Å². The summed E-state index contributed by atoms with van der Waals surface area (Å²) >= 11 is 0. The lowest BCUT2D eigenvalue weighted by atomic mass is 9.96. The molecule has 4 nitrogen and oxygen atoms in total. The van der Waals surface area contributed by atoms with Gasteiger partial charge in [-0.1, -0.05) is 18.2 Å². The highest BCUT2D eigenvalue weighted by Crippen LogP contribution is 2.32. The minimum Gasteiger partial charge on any atom is -0.505 e. The van der Waals surface area contributed by atoms with Gasteiger partial charge in [-0.2, -0.15) is 0 Å². The summed E-state index contributed by atoms with van der Waals surface area (Å²) in [5, 5.41) is 11.9. The second-order valence-electron chi connectivity index (χ2n) is 6.49. The van der Waals surface area contributed by atoms with E-state index in [1.165, 1.54) is 24.2 Å². The average Bonchev–Trinajstić information content (AvgIpc) is 2.66. The summed E-state index contributed by atoms with van der Waals surface area (Å²) in [6, 6.07) is 14.1. The molecule has 1 aliphatic heterocycles. The fourth-order valence-corrected chi connectivity index (χ4v) is 3.81. The summed E-state index contributed by atoms with van der Waals surface area (Å²) in [7, 11) is 0. The van der Waals surface area contributed by atoms with Crippen molar-refractivity contribution in [3.8, 4) is 5.75 Å². The number of pyridine rings is 2. The van der Waals surface area contributed by atoms with Crippen LogP contribution in [0.4, 0.5) is 0 Å². The number of quaternary nitrogens is 1. The van der Waals surface area contributed by atoms with Crippen LogP contribution in [-0.2, 0) is 0 Å². The van der Waals surface area contributed by atoms with Crippen molar-refractivity contribution in [1.82, 2.24) is 9.97 Å². The summed E-state index contributed by atoms with van der Waals surface area (Å²) in [6.45, 7) is 2.22. The number of phenols is 1. The van der Waals surface area contributed by atoms with Gasteiger partial charge in [-0.05, 0) is 43.5 Å². The number of aromatic hydroxyl groups is 1. The first-order valence-electron chi connectivity index (χ1n) is 8.67. The van der Waals surface area contributed by atoms with Gasteiger partial charge in [0.15, 0.2) is 11.8 Å². The monoisotopic (exact) mass is 320 g/mol. The van der Waals surface area contributed by atoms with Gasteiger partial charge in [-0.25, -0.2) is 0 Å². The summed E-state index contributed by atoms with van der Waals surface area (Å²) < 4.78 is 0. The molecule has 0 saturated carbocycles. The number of aromatic nitrogens is 2. The molecule has 0 bridgehead atoms. The van der Waals surface area contributed by atoms with Crippen LogP contribution in [0.3, 0.4) is 0 Å². The molecule has 1 fully saturated rings. The molecular weight excluding hydrogens is 298 g/mol. The number of hydrogen-bond donors (Lipinski definition) is 2. The third-order valence-electron chi connectivity index (χ3n) is 4.98. The van der Waals surface area contributed by atoms with Gasteiger partial charge >= 0.3 is 0 Å². The van der Waals surface area contributed by atoms with Crippen LogP contribution < -0.4 is 4.90 Å². The second kappa shape index (κ2) is 6.57. The SMILES string of the molecule is Oc1c(C(c2ccccn2)[NH+]2CCCCC2)ccc2cccnc12. The number of likely N-dealkylation sites (tertiary alicyclic amines) is 1. The highest BCUT2D eigenvalue weighted by molar-refractivity contribution is 5.85. The summed E-state index contributed by atoms with van der Waals surface area (Å²) in [5.74, 6) is 0.293. The molecule has 2 aromatic heterocycles. The molecular formula is C20H22N3O+. The van der Waals surface area contributed by atoms with Gasteiger partial charge in [-0.3, -0.25) is 9.97 Å². The van der Waals surface area contributed by atoms with Crippen LogP contribution in [0.25, 0.3) is 10.9 Å². The maximum absolute atomic E-state index is 10.9. The zero-order valence-electron chi connectivity index (χ0n) is 13.7. The Morgan fingerprint density at radius 1 is 0.875 bits per heavy atom. The molecule has 0 radical (unpaired) electrons. The third-order valence-corrected chi connectivity index (χ3v) is 4.98. The Hall–Kier alpha value is -2.46. The fourth-order valence-electron chi connectivity index (χ4n) is 3.81. The van der Waals surface area contributed by atoms with E-state index in [1.54, 1.807) is 6.20 Å². The van der Waals surface area contributed by atoms with E-state index in [0.29, 0.717) is 11.3 Å². The van der Waals surface area contributed by atoms with Gasteiger partial charge in [0.05, 0.1) is 18.7 Å². The summed E-state index contributed by atoms with van der Waals surface area (Å²) in [4.78, 5) is 10.5. The lowest BCUT2D eigenvalue weighted by Crippen LogP contribution is -3.13. The molecule has 4 rings (SSSR count). The van der Waals surface area contributed by atoms with Gasteiger partial charge in [0.2, 0.25) is 0 Å². The van der Waals surface area contributed by atoms with Gasteiger partial charge < -0.3 is 10.0 Å². The highest BCUT2D eigenvalue weighted by atomic mass is 16.3. The first kappa shape index (κ1) is 15.1. The van der Waals surface area contributed by atoms with Gasteiger partial charge in [0.1, 0.15) is 11.2 Å². The molecule has 0 amide bonds. The Balaban J connectivity index is 1.85. The van der Waals surface area contributed by atoms with Crippen molar-refractivity contribution in [2.45, 2.75) is 25.3 Å². The maximum atomic E-state index is 10.9.